The third-order valence-corrected chi connectivity index (χ3v) is 9.05. The van der Waals surface area contributed by atoms with Crippen molar-refractivity contribution in [2.24, 2.45) is 0 Å². The van der Waals surface area contributed by atoms with Crippen molar-refractivity contribution in [1.82, 2.24) is 9.80 Å². The van der Waals surface area contributed by atoms with Crippen molar-refractivity contribution in [3.8, 4) is 23.0 Å². The topological polar surface area (TPSA) is 96.0 Å². The molecule has 2 aliphatic carbocycles. The summed E-state index contributed by atoms with van der Waals surface area (Å²) in [4.78, 5) is 32.2. The molecule has 2 aliphatic rings. The van der Waals surface area contributed by atoms with E-state index < -0.39 is 35.6 Å². The molecule has 10 heteroatoms. The molecule has 6 rings (SSSR count). The highest BCUT2D eigenvalue weighted by molar-refractivity contribution is 6.30. The zero-order valence-corrected chi connectivity index (χ0v) is 28.0. The maximum atomic E-state index is 14.2. The molecule has 0 saturated heterocycles. The minimum Gasteiger partial charge on any atom is -0.493 e. The molecule has 0 aliphatic heterocycles. The number of para-hydroxylation sites is 4. The van der Waals surface area contributed by atoms with Gasteiger partial charge < -0.3 is 28.4 Å². The number of esters is 2. The van der Waals surface area contributed by atoms with Crippen LogP contribution in [0.1, 0.15) is 22.3 Å². The SMILES string of the molecule is COc1ccccc1OC1(OC(=O)C(=O)OC2(Oc3ccccc3OC)c3ccccc3CC2N(C)C)c2ccccc2CC1N(C)C. The third kappa shape index (κ3) is 5.71. The van der Waals surface area contributed by atoms with Crippen molar-refractivity contribution in [3.05, 3.63) is 119 Å². The van der Waals surface area contributed by atoms with Crippen molar-refractivity contribution < 1.29 is 38.0 Å². The largest absolute Gasteiger partial charge is 0.493 e. The molecule has 0 N–H and O–H groups in total. The van der Waals surface area contributed by atoms with Gasteiger partial charge in [-0.05, 0) is 76.4 Å². The summed E-state index contributed by atoms with van der Waals surface area (Å²) in [5.74, 6) is -4.35. The number of carbonyl (C=O) groups excluding carboxylic acids is 2. The molecule has 0 bridgehead atoms. The maximum Gasteiger partial charge on any atom is 0.421 e. The Labute approximate surface area is 280 Å². The molecule has 0 saturated carbocycles. The van der Waals surface area contributed by atoms with Gasteiger partial charge in [0.05, 0.1) is 26.3 Å². The lowest BCUT2D eigenvalue weighted by Crippen LogP contribution is -2.55. The van der Waals surface area contributed by atoms with E-state index in [0.717, 1.165) is 11.1 Å². The second kappa shape index (κ2) is 13.2. The summed E-state index contributed by atoms with van der Waals surface area (Å²) in [6.45, 7) is 0. The normalized spacial score (nSPS) is 22.5. The van der Waals surface area contributed by atoms with Gasteiger partial charge in [0.25, 0.3) is 11.6 Å². The van der Waals surface area contributed by atoms with Crippen LogP contribution in [0.15, 0.2) is 97.1 Å². The first kappa shape index (κ1) is 32.9. The average Bonchev–Trinajstić information content (AvgIpc) is 3.58. The van der Waals surface area contributed by atoms with Crippen molar-refractivity contribution in [2.45, 2.75) is 36.5 Å². The fourth-order valence-electron chi connectivity index (χ4n) is 6.79. The van der Waals surface area contributed by atoms with E-state index in [2.05, 4.69) is 0 Å². The Morgan fingerprint density at radius 2 is 0.875 bits per heavy atom. The van der Waals surface area contributed by atoms with E-state index >= 15 is 0 Å². The van der Waals surface area contributed by atoms with Gasteiger partial charge in [-0.3, -0.25) is 9.80 Å². The van der Waals surface area contributed by atoms with Gasteiger partial charge in [0, 0.05) is 11.1 Å². The van der Waals surface area contributed by atoms with Crippen LogP contribution in [-0.4, -0.2) is 76.2 Å². The van der Waals surface area contributed by atoms with Crippen LogP contribution in [-0.2, 0) is 43.5 Å². The molecule has 0 aromatic heterocycles. The summed E-state index contributed by atoms with van der Waals surface area (Å²) in [7, 11) is 10.6. The maximum absolute atomic E-state index is 14.2. The Kier molecular flexibility index (Phi) is 9.05. The van der Waals surface area contributed by atoms with E-state index in [1.165, 1.54) is 14.2 Å². The van der Waals surface area contributed by atoms with Gasteiger partial charge in [-0.2, -0.15) is 0 Å². The highest BCUT2D eigenvalue weighted by atomic mass is 16.8. The van der Waals surface area contributed by atoms with Crippen molar-refractivity contribution in [3.63, 3.8) is 0 Å². The fourth-order valence-corrected chi connectivity index (χ4v) is 6.79. The van der Waals surface area contributed by atoms with E-state index in [1.807, 2.05) is 98.7 Å². The molecule has 250 valence electrons. The van der Waals surface area contributed by atoms with E-state index in [0.29, 0.717) is 47.0 Å². The van der Waals surface area contributed by atoms with Gasteiger partial charge in [-0.15, -0.1) is 0 Å². The zero-order valence-electron chi connectivity index (χ0n) is 28.0. The standard InChI is InChI=1S/C38H40N2O8/c1-39(2)33-23-25-15-7-9-17-27(25)37(33,45-31-21-13-11-19-29(31)43-5)47-35(41)36(42)48-38(46-32-22-14-12-20-30(32)44-6)28-18-10-8-16-26(28)24-34(38)40(3)4/h7-22,33-34H,23-24H2,1-6H3. The molecule has 4 unspecified atom stereocenters. The Balaban J connectivity index is 1.42. The highest BCUT2D eigenvalue weighted by Gasteiger charge is 2.58. The summed E-state index contributed by atoms with van der Waals surface area (Å²) in [5.41, 5.74) is 3.07. The second-order valence-electron chi connectivity index (χ2n) is 12.3. The Morgan fingerprint density at radius 3 is 1.23 bits per heavy atom. The van der Waals surface area contributed by atoms with Crippen LogP contribution in [0.2, 0.25) is 0 Å². The van der Waals surface area contributed by atoms with Gasteiger partial charge in [0.1, 0.15) is 0 Å². The van der Waals surface area contributed by atoms with Crippen molar-refractivity contribution >= 4 is 11.9 Å². The van der Waals surface area contributed by atoms with Gasteiger partial charge in [0.2, 0.25) is 0 Å². The molecule has 0 heterocycles. The van der Waals surface area contributed by atoms with E-state index in [4.69, 9.17) is 28.4 Å². The molecular weight excluding hydrogens is 612 g/mol. The summed E-state index contributed by atoms with van der Waals surface area (Å²) < 4.78 is 37.0. The number of hydrogen-bond acceptors (Lipinski definition) is 10. The summed E-state index contributed by atoms with van der Waals surface area (Å²) >= 11 is 0. The van der Waals surface area contributed by atoms with Crippen LogP contribution in [0.4, 0.5) is 0 Å². The first-order chi connectivity index (χ1) is 23.1. The number of ether oxygens (including phenoxy) is 6. The van der Waals surface area contributed by atoms with Crippen molar-refractivity contribution in [1.29, 1.82) is 0 Å². The van der Waals surface area contributed by atoms with E-state index in [-0.39, 0.29) is 0 Å². The van der Waals surface area contributed by atoms with Crippen LogP contribution < -0.4 is 18.9 Å². The lowest BCUT2D eigenvalue weighted by molar-refractivity contribution is -0.243. The second-order valence-corrected chi connectivity index (χ2v) is 12.3. The lowest BCUT2D eigenvalue weighted by Gasteiger charge is -2.40. The quantitative estimate of drug-likeness (QED) is 0.133. The lowest BCUT2D eigenvalue weighted by atomic mass is 10.0. The van der Waals surface area contributed by atoms with Gasteiger partial charge >= 0.3 is 11.9 Å². The predicted octanol–water partition coefficient (Wildman–Crippen LogP) is 4.93. The van der Waals surface area contributed by atoms with Crippen LogP contribution in [0.25, 0.3) is 0 Å². The first-order valence-corrected chi connectivity index (χ1v) is 15.7. The van der Waals surface area contributed by atoms with E-state index in [9.17, 15) is 9.59 Å². The first-order valence-electron chi connectivity index (χ1n) is 15.7. The molecule has 0 fully saturated rings. The number of carbonyl (C=O) groups is 2. The number of benzene rings is 4. The van der Waals surface area contributed by atoms with Crippen LogP contribution >= 0.6 is 0 Å². The minimum absolute atomic E-state index is 0.345. The number of hydrogen-bond donors (Lipinski definition) is 0. The fraction of sp³-hybridized carbons (Fsp3) is 0.316. The third-order valence-electron chi connectivity index (χ3n) is 9.05. The Hall–Kier alpha value is -5.06. The Bertz CT molecular complexity index is 1680. The van der Waals surface area contributed by atoms with Crippen molar-refractivity contribution in [2.75, 3.05) is 42.4 Å². The van der Waals surface area contributed by atoms with Gasteiger partial charge in [-0.1, -0.05) is 72.8 Å². The van der Waals surface area contributed by atoms with Crippen LogP contribution in [0.3, 0.4) is 0 Å². The number of likely N-dealkylation sites (N-methyl/N-ethyl adjacent to an activating group) is 2. The molecule has 0 radical (unpaired) electrons. The highest BCUT2D eigenvalue weighted by Crippen LogP contribution is 2.48. The molecule has 4 atom stereocenters. The smallest absolute Gasteiger partial charge is 0.421 e. The summed E-state index contributed by atoms with van der Waals surface area (Å²) in [6, 6.07) is 28.3. The summed E-state index contributed by atoms with van der Waals surface area (Å²) in [6.07, 6.45) is 0.995. The minimum atomic E-state index is -1.73. The van der Waals surface area contributed by atoms with E-state index in [1.54, 1.807) is 36.4 Å². The number of rotatable bonds is 10. The Morgan fingerprint density at radius 1 is 0.542 bits per heavy atom. The zero-order chi connectivity index (χ0) is 34.1. The molecule has 10 nitrogen and oxygen atoms in total. The predicted molar refractivity (Wildman–Crippen MR) is 178 cm³/mol. The molecular formula is C38H40N2O8. The molecule has 48 heavy (non-hydrogen) atoms. The van der Waals surface area contributed by atoms with Crippen LogP contribution in [0, 0.1) is 0 Å². The number of methoxy groups -OCH3 is 2. The average molecular weight is 653 g/mol. The molecule has 0 spiro atoms. The van der Waals surface area contributed by atoms with Crippen LogP contribution in [0.5, 0.6) is 23.0 Å². The molecule has 4 aromatic rings. The molecule has 4 aromatic carbocycles. The summed E-state index contributed by atoms with van der Waals surface area (Å²) in [5, 5.41) is 0. The number of fused-ring (bicyclic) bond motifs is 2. The molecule has 0 amide bonds. The van der Waals surface area contributed by atoms with Gasteiger partial charge in [-0.25, -0.2) is 9.59 Å². The number of nitrogens with zero attached hydrogens (tertiary/aromatic N) is 2. The van der Waals surface area contributed by atoms with Gasteiger partial charge in [0.15, 0.2) is 23.0 Å². The monoisotopic (exact) mass is 652 g/mol.